The first-order chi connectivity index (χ1) is 9.89. The number of sulfonamides is 1. The Morgan fingerprint density at radius 1 is 1.38 bits per heavy atom. The average molecular weight is 314 g/mol. The van der Waals surface area contributed by atoms with Crippen LogP contribution >= 0.6 is 0 Å². The van der Waals surface area contributed by atoms with Gasteiger partial charge in [0.2, 0.25) is 10.0 Å². The molecule has 2 N–H and O–H groups in total. The number of hydrogen-bond acceptors (Lipinski definition) is 5. The summed E-state index contributed by atoms with van der Waals surface area (Å²) in [6.45, 7) is 2.56. The molecule has 1 aromatic rings. The van der Waals surface area contributed by atoms with Crippen molar-refractivity contribution in [1.82, 2.24) is 4.31 Å². The Balaban J connectivity index is 2.82. The molecule has 0 amide bonds. The Hall–Kier alpha value is -1.60. The van der Waals surface area contributed by atoms with Crippen LogP contribution in [-0.4, -0.2) is 38.1 Å². The van der Waals surface area contributed by atoms with Gasteiger partial charge >= 0.3 is 5.97 Å². The molecule has 0 aromatic heterocycles. The number of ether oxygens (including phenoxy) is 1. The lowest BCUT2D eigenvalue weighted by Gasteiger charge is -2.21. The molecule has 0 aliphatic heterocycles. The third-order valence-electron chi connectivity index (χ3n) is 2.97. The number of nitrogens with zero attached hydrogens (tertiary/aromatic N) is 1. The number of nitrogen functional groups attached to an aromatic ring is 1. The van der Waals surface area contributed by atoms with Crippen LogP contribution in [0.4, 0.5) is 5.69 Å². The summed E-state index contributed by atoms with van der Waals surface area (Å²) < 4.78 is 30.5. The first-order valence-electron chi connectivity index (χ1n) is 6.78. The number of rotatable bonds is 8. The molecule has 0 fully saturated rings. The maximum Gasteiger partial charge on any atom is 0.306 e. The van der Waals surface area contributed by atoms with Crippen LogP contribution in [0, 0.1) is 0 Å². The van der Waals surface area contributed by atoms with Crippen molar-refractivity contribution in [2.45, 2.75) is 26.3 Å². The monoisotopic (exact) mass is 314 g/mol. The number of esters is 1. The molecule has 0 spiro atoms. The zero-order valence-corrected chi connectivity index (χ0v) is 13.2. The van der Waals surface area contributed by atoms with E-state index in [1.807, 2.05) is 13.0 Å². The Kier molecular flexibility index (Phi) is 6.64. The lowest BCUT2D eigenvalue weighted by Crippen LogP contribution is -2.34. The molecular formula is C14H22N2O4S. The molecule has 1 aromatic carbocycles. The van der Waals surface area contributed by atoms with Crippen LogP contribution < -0.4 is 5.73 Å². The van der Waals surface area contributed by atoms with Crippen molar-refractivity contribution in [2.75, 3.05) is 25.1 Å². The van der Waals surface area contributed by atoms with E-state index in [0.717, 1.165) is 5.56 Å². The van der Waals surface area contributed by atoms with Crippen LogP contribution in [0.25, 0.3) is 0 Å². The summed E-state index contributed by atoms with van der Waals surface area (Å²) in [4.78, 5) is 11.1. The molecule has 118 valence electrons. The highest BCUT2D eigenvalue weighted by Gasteiger charge is 2.22. The lowest BCUT2D eigenvalue weighted by atomic mass is 10.2. The fourth-order valence-corrected chi connectivity index (χ4v) is 3.39. The van der Waals surface area contributed by atoms with Crippen LogP contribution in [0.15, 0.2) is 24.3 Å². The third-order valence-corrected chi connectivity index (χ3v) is 4.79. The van der Waals surface area contributed by atoms with E-state index in [9.17, 15) is 13.2 Å². The molecule has 0 bridgehead atoms. The molecule has 21 heavy (non-hydrogen) atoms. The van der Waals surface area contributed by atoms with E-state index in [0.29, 0.717) is 18.7 Å². The predicted molar refractivity (Wildman–Crippen MR) is 82.0 cm³/mol. The van der Waals surface area contributed by atoms with Crippen molar-refractivity contribution in [3.8, 4) is 0 Å². The number of hydrogen-bond donors (Lipinski definition) is 1. The second-order valence-electron chi connectivity index (χ2n) is 4.72. The van der Waals surface area contributed by atoms with E-state index in [4.69, 9.17) is 5.73 Å². The molecule has 0 aliphatic carbocycles. The maximum atomic E-state index is 12.3. The number of carbonyl (C=O) groups excluding carboxylic acids is 1. The predicted octanol–water partition coefficient (Wildman–Crippen LogP) is 1.37. The summed E-state index contributed by atoms with van der Waals surface area (Å²) in [6.07, 6.45) is 0.551. The summed E-state index contributed by atoms with van der Waals surface area (Å²) in [5.74, 6) is -0.777. The second-order valence-corrected chi connectivity index (χ2v) is 6.81. The first-order valence-corrected chi connectivity index (χ1v) is 8.39. The minimum atomic E-state index is -3.51. The highest BCUT2D eigenvalue weighted by molar-refractivity contribution is 7.89. The van der Waals surface area contributed by atoms with Gasteiger partial charge in [-0.3, -0.25) is 4.79 Å². The molecule has 7 heteroatoms. The highest BCUT2D eigenvalue weighted by Crippen LogP contribution is 2.14. The molecule has 0 atom stereocenters. The lowest BCUT2D eigenvalue weighted by molar-refractivity contribution is -0.140. The smallest absolute Gasteiger partial charge is 0.306 e. The number of nitrogens with two attached hydrogens (primary N) is 1. The molecule has 0 heterocycles. The summed E-state index contributed by atoms with van der Waals surface area (Å²) in [7, 11) is -2.27. The van der Waals surface area contributed by atoms with Gasteiger partial charge in [-0.15, -0.1) is 0 Å². The Morgan fingerprint density at radius 2 is 2.10 bits per heavy atom. The first kappa shape index (κ1) is 17.5. The van der Waals surface area contributed by atoms with E-state index in [-0.39, 0.29) is 18.7 Å². The van der Waals surface area contributed by atoms with Gasteiger partial charge in [0.25, 0.3) is 0 Å². The minimum absolute atomic E-state index is 0.143. The summed E-state index contributed by atoms with van der Waals surface area (Å²) >= 11 is 0. The van der Waals surface area contributed by atoms with Crippen molar-refractivity contribution in [2.24, 2.45) is 0 Å². The fraction of sp³-hybridized carbons (Fsp3) is 0.500. The normalized spacial score (nSPS) is 11.6. The van der Waals surface area contributed by atoms with Gasteiger partial charge in [-0.1, -0.05) is 19.1 Å². The Morgan fingerprint density at radius 3 is 2.67 bits per heavy atom. The van der Waals surface area contributed by atoms with Crippen LogP contribution in [0.1, 0.15) is 25.3 Å². The van der Waals surface area contributed by atoms with E-state index >= 15 is 0 Å². The van der Waals surface area contributed by atoms with E-state index in [1.165, 1.54) is 11.4 Å². The molecule has 1 rings (SSSR count). The second kappa shape index (κ2) is 7.99. The molecular weight excluding hydrogens is 292 g/mol. The fourth-order valence-electron chi connectivity index (χ4n) is 1.90. The average Bonchev–Trinajstić information content (AvgIpc) is 2.44. The van der Waals surface area contributed by atoms with Gasteiger partial charge in [-0.05, 0) is 24.1 Å². The van der Waals surface area contributed by atoms with Crippen LogP contribution in [0.2, 0.25) is 0 Å². The van der Waals surface area contributed by atoms with Crippen molar-refractivity contribution in [1.29, 1.82) is 0 Å². The van der Waals surface area contributed by atoms with E-state index in [2.05, 4.69) is 4.74 Å². The van der Waals surface area contributed by atoms with Crippen molar-refractivity contribution in [3.63, 3.8) is 0 Å². The Bertz CT molecular complexity index is 572. The molecule has 0 saturated carbocycles. The van der Waals surface area contributed by atoms with Crippen LogP contribution in [0.5, 0.6) is 0 Å². The van der Waals surface area contributed by atoms with Crippen molar-refractivity contribution >= 4 is 21.7 Å². The van der Waals surface area contributed by atoms with Crippen LogP contribution in [0.3, 0.4) is 0 Å². The quantitative estimate of drug-likeness (QED) is 0.578. The molecule has 0 unspecified atom stereocenters. The summed E-state index contributed by atoms with van der Waals surface area (Å²) in [5, 5.41) is 0. The molecule has 0 aliphatic rings. The van der Waals surface area contributed by atoms with Crippen molar-refractivity contribution < 1.29 is 17.9 Å². The van der Waals surface area contributed by atoms with E-state index < -0.39 is 16.0 Å². The van der Waals surface area contributed by atoms with Gasteiger partial charge in [-0.2, -0.15) is 4.31 Å². The number of anilines is 1. The number of carbonyl (C=O) groups is 1. The standard InChI is InChI=1S/C14H22N2O4S/c1-3-8-16(11-12-5-4-6-13(15)10-12)21(18,19)9-7-14(17)20-2/h4-6,10H,3,7-9,11,15H2,1-2H3. The topological polar surface area (TPSA) is 89.7 Å². The molecule has 6 nitrogen and oxygen atoms in total. The summed E-state index contributed by atoms with van der Waals surface area (Å²) in [5.41, 5.74) is 7.12. The zero-order chi connectivity index (χ0) is 15.9. The zero-order valence-electron chi connectivity index (χ0n) is 12.4. The third kappa shape index (κ3) is 5.73. The van der Waals surface area contributed by atoms with Gasteiger partial charge in [0.15, 0.2) is 0 Å². The van der Waals surface area contributed by atoms with Gasteiger partial charge in [0.1, 0.15) is 0 Å². The molecule has 0 radical (unpaired) electrons. The number of methoxy groups -OCH3 is 1. The van der Waals surface area contributed by atoms with E-state index in [1.54, 1.807) is 18.2 Å². The van der Waals surface area contributed by atoms with Gasteiger partial charge in [0, 0.05) is 18.8 Å². The maximum absolute atomic E-state index is 12.3. The van der Waals surface area contributed by atoms with Gasteiger partial charge < -0.3 is 10.5 Å². The minimum Gasteiger partial charge on any atom is -0.469 e. The molecule has 0 saturated heterocycles. The van der Waals surface area contributed by atoms with Crippen molar-refractivity contribution in [3.05, 3.63) is 29.8 Å². The van der Waals surface area contributed by atoms with Gasteiger partial charge in [-0.25, -0.2) is 8.42 Å². The Labute approximate surface area is 125 Å². The van der Waals surface area contributed by atoms with Crippen LogP contribution in [-0.2, 0) is 26.1 Å². The van der Waals surface area contributed by atoms with Gasteiger partial charge in [0.05, 0.1) is 19.3 Å². The highest BCUT2D eigenvalue weighted by atomic mass is 32.2. The largest absolute Gasteiger partial charge is 0.469 e. The SMILES string of the molecule is CCCN(Cc1cccc(N)c1)S(=O)(=O)CCC(=O)OC. The summed E-state index contributed by atoms with van der Waals surface area (Å²) in [6, 6.07) is 7.11. The number of benzene rings is 1.